The van der Waals surface area contributed by atoms with Gasteiger partial charge in [0.15, 0.2) is 0 Å². The van der Waals surface area contributed by atoms with Gasteiger partial charge in [-0.2, -0.15) is 0 Å². The Kier molecular flexibility index (Phi) is 9.46. The van der Waals surface area contributed by atoms with Crippen molar-refractivity contribution in [2.24, 2.45) is 0 Å². The first-order valence-corrected chi connectivity index (χ1v) is 6.60. The number of piperazine rings is 1. The average molecular weight is 335 g/mol. The Morgan fingerprint density at radius 1 is 1.14 bits per heavy atom. The fourth-order valence-electron chi connectivity index (χ4n) is 2.58. The van der Waals surface area contributed by atoms with Crippen LogP contribution < -0.4 is 14.8 Å². The highest BCUT2D eigenvalue weighted by atomic mass is 35.5. The molecule has 1 aliphatic heterocycles. The predicted molar refractivity (Wildman–Crippen MR) is 91.4 cm³/mol. The topological polar surface area (TPSA) is 33.7 Å². The van der Waals surface area contributed by atoms with Gasteiger partial charge in [-0.05, 0) is 12.1 Å². The summed E-state index contributed by atoms with van der Waals surface area (Å²) in [6.45, 7) is 7.99. The molecule has 0 bridgehead atoms. The molecule has 0 radical (unpaired) electrons. The van der Waals surface area contributed by atoms with Crippen LogP contribution in [0.1, 0.15) is 11.6 Å². The fraction of sp³-hybridized carbons (Fsp3) is 0.467. The summed E-state index contributed by atoms with van der Waals surface area (Å²) in [5.41, 5.74) is 1.06. The highest BCUT2D eigenvalue weighted by molar-refractivity contribution is 5.85. The second-order valence-corrected chi connectivity index (χ2v) is 4.54. The molecule has 1 heterocycles. The number of nitrogens with zero attached hydrogens (tertiary/aromatic N) is 1. The van der Waals surface area contributed by atoms with E-state index in [1.165, 1.54) is 0 Å². The third kappa shape index (κ3) is 4.51. The van der Waals surface area contributed by atoms with Crippen LogP contribution in [0.2, 0.25) is 0 Å². The van der Waals surface area contributed by atoms with Crippen LogP contribution in [-0.4, -0.2) is 45.3 Å². The Balaban J connectivity index is 0.00000200. The molecule has 0 unspecified atom stereocenters. The van der Waals surface area contributed by atoms with E-state index in [0.717, 1.165) is 43.2 Å². The lowest BCUT2D eigenvalue weighted by Gasteiger charge is -2.34. The molecule has 21 heavy (non-hydrogen) atoms. The van der Waals surface area contributed by atoms with Gasteiger partial charge in [0.1, 0.15) is 11.5 Å². The molecule has 1 fully saturated rings. The van der Waals surface area contributed by atoms with Crippen LogP contribution in [0.15, 0.2) is 30.9 Å². The summed E-state index contributed by atoms with van der Waals surface area (Å²) < 4.78 is 11.0. The summed E-state index contributed by atoms with van der Waals surface area (Å²) in [5, 5.41) is 3.36. The molecule has 1 saturated heterocycles. The molecule has 0 amide bonds. The first-order chi connectivity index (χ1) is 9.31. The first-order valence-electron chi connectivity index (χ1n) is 6.60. The molecule has 0 saturated carbocycles. The summed E-state index contributed by atoms with van der Waals surface area (Å²) in [4.78, 5) is 2.39. The molecule has 0 aliphatic carbocycles. The molecule has 0 aromatic heterocycles. The monoisotopic (exact) mass is 334 g/mol. The zero-order valence-corrected chi connectivity index (χ0v) is 14.1. The maximum atomic E-state index is 5.49. The largest absolute Gasteiger partial charge is 0.496 e. The highest BCUT2D eigenvalue weighted by Gasteiger charge is 2.25. The van der Waals surface area contributed by atoms with E-state index in [9.17, 15) is 0 Å². The average Bonchev–Trinajstić information content (AvgIpc) is 2.49. The number of rotatable bonds is 5. The molecular weight excluding hydrogens is 311 g/mol. The van der Waals surface area contributed by atoms with E-state index in [1.54, 1.807) is 14.2 Å². The first kappa shape index (κ1) is 20.1. The summed E-state index contributed by atoms with van der Waals surface area (Å²) in [6.07, 6.45) is 1.96. The van der Waals surface area contributed by atoms with Crippen LogP contribution in [0.5, 0.6) is 11.5 Å². The number of nitrogens with one attached hydrogen (secondary N) is 1. The third-order valence-electron chi connectivity index (χ3n) is 3.53. The lowest BCUT2D eigenvalue weighted by atomic mass is 10.0. The Hall–Kier alpha value is -0.940. The number of ether oxygens (including phenoxy) is 2. The zero-order chi connectivity index (χ0) is 13.7. The smallest absolute Gasteiger partial charge is 0.127 e. The van der Waals surface area contributed by atoms with Gasteiger partial charge in [0.2, 0.25) is 0 Å². The van der Waals surface area contributed by atoms with Crippen molar-refractivity contribution >= 4 is 24.8 Å². The number of halogens is 2. The molecular formula is C15H24Cl2N2O2. The van der Waals surface area contributed by atoms with Crippen molar-refractivity contribution in [3.8, 4) is 11.5 Å². The highest BCUT2D eigenvalue weighted by Crippen LogP contribution is 2.37. The number of benzene rings is 1. The standard InChI is InChI=1S/C15H22N2O2.2ClH/c1-4-12(17-10-8-16-9-11-17)15-13(18-2)6-5-7-14(15)19-3;;/h4-7,12,16H,1,8-11H2,2-3H3;2*1H/t12-;;/m0../s1. The molecule has 6 heteroatoms. The normalized spacial score (nSPS) is 16.1. The zero-order valence-electron chi connectivity index (χ0n) is 12.5. The molecule has 1 aromatic carbocycles. The molecule has 1 atom stereocenters. The van der Waals surface area contributed by atoms with Crippen molar-refractivity contribution in [2.45, 2.75) is 6.04 Å². The number of hydrogen-bond donors (Lipinski definition) is 1. The van der Waals surface area contributed by atoms with Crippen molar-refractivity contribution < 1.29 is 9.47 Å². The van der Waals surface area contributed by atoms with Crippen LogP contribution in [0.3, 0.4) is 0 Å². The fourth-order valence-corrected chi connectivity index (χ4v) is 2.58. The van der Waals surface area contributed by atoms with Crippen molar-refractivity contribution in [1.82, 2.24) is 10.2 Å². The minimum Gasteiger partial charge on any atom is -0.496 e. The van der Waals surface area contributed by atoms with Crippen LogP contribution >= 0.6 is 24.8 Å². The lowest BCUT2D eigenvalue weighted by Crippen LogP contribution is -2.44. The molecule has 1 aliphatic rings. The van der Waals surface area contributed by atoms with E-state index in [1.807, 2.05) is 24.3 Å². The van der Waals surface area contributed by atoms with Crippen molar-refractivity contribution in [1.29, 1.82) is 0 Å². The van der Waals surface area contributed by atoms with Gasteiger partial charge in [-0.1, -0.05) is 12.1 Å². The summed E-state index contributed by atoms with van der Waals surface area (Å²) in [7, 11) is 3.38. The lowest BCUT2D eigenvalue weighted by molar-refractivity contribution is 0.197. The maximum Gasteiger partial charge on any atom is 0.127 e. The Labute approximate surface area is 139 Å². The van der Waals surface area contributed by atoms with E-state index in [0.29, 0.717) is 0 Å². The minimum atomic E-state index is 0. The second kappa shape index (κ2) is 9.90. The van der Waals surface area contributed by atoms with Crippen LogP contribution in [0, 0.1) is 0 Å². The SMILES string of the molecule is C=C[C@@H](c1c(OC)cccc1OC)N1CCNCC1.Cl.Cl. The summed E-state index contributed by atoms with van der Waals surface area (Å²) in [5.74, 6) is 1.70. The van der Waals surface area contributed by atoms with E-state index in [4.69, 9.17) is 9.47 Å². The van der Waals surface area contributed by atoms with E-state index < -0.39 is 0 Å². The predicted octanol–water partition coefficient (Wildman–Crippen LogP) is 2.68. The summed E-state index contributed by atoms with van der Waals surface area (Å²) >= 11 is 0. The van der Waals surface area contributed by atoms with Crippen LogP contribution in [0.4, 0.5) is 0 Å². The quantitative estimate of drug-likeness (QED) is 0.839. The van der Waals surface area contributed by atoms with E-state index in [2.05, 4.69) is 16.8 Å². The molecule has 120 valence electrons. The Morgan fingerprint density at radius 2 is 1.67 bits per heavy atom. The van der Waals surface area contributed by atoms with Gasteiger partial charge in [-0.25, -0.2) is 0 Å². The molecule has 0 spiro atoms. The summed E-state index contributed by atoms with van der Waals surface area (Å²) in [6, 6.07) is 6.00. The Morgan fingerprint density at radius 3 is 2.10 bits per heavy atom. The number of methoxy groups -OCH3 is 2. The number of hydrogen-bond acceptors (Lipinski definition) is 4. The van der Waals surface area contributed by atoms with Gasteiger partial charge in [0.05, 0.1) is 25.8 Å². The van der Waals surface area contributed by atoms with Crippen LogP contribution in [0.25, 0.3) is 0 Å². The molecule has 4 nitrogen and oxygen atoms in total. The minimum absolute atomic E-state index is 0. The maximum absolute atomic E-state index is 5.49. The Bertz CT molecular complexity index is 415. The second-order valence-electron chi connectivity index (χ2n) is 4.54. The van der Waals surface area contributed by atoms with Gasteiger partial charge in [-0.15, -0.1) is 31.4 Å². The molecule has 1 aromatic rings. The van der Waals surface area contributed by atoms with Crippen molar-refractivity contribution in [3.63, 3.8) is 0 Å². The van der Waals surface area contributed by atoms with E-state index >= 15 is 0 Å². The van der Waals surface area contributed by atoms with Gasteiger partial charge >= 0.3 is 0 Å². The van der Waals surface area contributed by atoms with Crippen molar-refractivity contribution in [2.75, 3.05) is 40.4 Å². The van der Waals surface area contributed by atoms with Crippen molar-refractivity contribution in [3.05, 3.63) is 36.4 Å². The third-order valence-corrected chi connectivity index (χ3v) is 3.53. The van der Waals surface area contributed by atoms with Gasteiger partial charge in [0, 0.05) is 26.2 Å². The van der Waals surface area contributed by atoms with Gasteiger partial charge in [-0.3, -0.25) is 4.90 Å². The molecule has 2 rings (SSSR count). The van der Waals surface area contributed by atoms with Crippen LogP contribution in [-0.2, 0) is 0 Å². The van der Waals surface area contributed by atoms with Gasteiger partial charge in [0.25, 0.3) is 0 Å². The molecule has 1 N–H and O–H groups in total. The van der Waals surface area contributed by atoms with E-state index in [-0.39, 0.29) is 30.9 Å². The van der Waals surface area contributed by atoms with Gasteiger partial charge < -0.3 is 14.8 Å².